The molecule has 4 N–H and O–H groups in total. The molecule has 0 amide bonds. The molecule has 0 spiro atoms. The van der Waals surface area contributed by atoms with Crippen molar-refractivity contribution in [2.24, 2.45) is 0 Å². The van der Waals surface area contributed by atoms with Crippen molar-refractivity contribution in [3.05, 3.63) is 41.7 Å². The molecule has 1 heterocycles. The minimum Gasteiger partial charge on any atom is -0.397 e. The maximum Gasteiger partial charge on any atom is 0.416 e. The lowest BCUT2D eigenvalue weighted by Crippen LogP contribution is -2.07. The third kappa shape index (κ3) is 2.73. The average Bonchev–Trinajstić information content (AvgIpc) is 2.79. The zero-order valence-corrected chi connectivity index (χ0v) is 9.25. The number of alkyl halides is 3. The molecule has 4 nitrogen and oxygen atoms in total. The third-order valence-electron chi connectivity index (χ3n) is 2.42. The number of hydrogen-bond donors (Lipinski definition) is 3. The minimum absolute atomic E-state index is 0.0633. The number of anilines is 2. The van der Waals surface area contributed by atoms with Gasteiger partial charge in [0.1, 0.15) is 0 Å². The minimum atomic E-state index is -4.38. The Kier molecular flexibility index (Phi) is 3.14. The molecule has 1 aromatic carbocycles. The molecule has 0 aliphatic carbocycles. The number of benzene rings is 1. The lowest BCUT2D eigenvalue weighted by Gasteiger charge is -2.12. The number of aromatic nitrogens is 2. The summed E-state index contributed by atoms with van der Waals surface area (Å²) < 4.78 is 37.3. The van der Waals surface area contributed by atoms with Crippen molar-refractivity contribution < 1.29 is 13.2 Å². The van der Waals surface area contributed by atoms with Gasteiger partial charge in [0.25, 0.3) is 0 Å². The molecule has 0 bridgehead atoms. The molecule has 1 aromatic heterocycles. The second kappa shape index (κ2) is 4.59. The van der Waals surface area contributed by atoms with Gasteiger partial charge < -0.3 is 11.1 Å². The van der Waals surface area contributed by atoms with Crippen molar-refractivity contribution in [1.82, 2.24) is 10.2 Å². The molecular formula is C11H11F3N4. The van der Waals surface area contributed by atoms with Gasteiger partial charge in [-0.15, -0.1) is 0 Å². The molecule has 0 radical (unpaired) electrons. The summed E-state index contributed by atoms with van der Waals surface area (Å²) in [5.74, 6) is 0. The van der Waals surface area contributed by atoms with Crippen molar-refractivity contribution in [3.8, 4) is 0 Å². The van der Waals surface area contributed by atoms with Crippen LogP contribution in [0.25, 0.3) is 0 Å². The first kappa shape index (κ1) is 12.3. The Morgan fingerprint density at radius 2 is 2.11 bits per heavy atom. The zero-order chi connectivity index (χ0) is 13.2. The molecule has 18 heavy (non-hydrogen) atoms. The number of rotatable bonds is 3. The Morgan fingerprint density at radius 3 is 2.67 bits per heavy atom. The molecule has 0 aliphatic heterocycles. The number of nitrogens with zero attached hydrogens (tertiary/aromatic N) is 1. The maximum absolute atomic E-state index is 12.4. The summed E-state index contributed by atoms with van der Waals surface area (Å²) in [7, 11) is 0. The highest BCUT2D eigenvalue weighted by Gasteiger charge is 2.30. The Balaban J connectivity index is 2.10. The fourth-order valence-electron chi connectivity index (χ4n) is 1.47. The zero-order valence-electron chi connectivity index (χ0n) is 9.25. The number of halogens is 3. The summed E-state index contributed by atoms with van der Waals surface area (Å²) in [5, 5.41) is 9.34. The number of hydrogen-bond acceptors (Lipinski definition) is 3. The number of nitrogens with one attached hydrogen (secondary N) is 2. The van der Waals surface area contributed by atoms with Gasteiger partial charge in [0.15, 0.2) is 0 Å². The largest absolute Gasteiger partial charge is 0.416 e. The first-order valence-electron chi connectivity index (χ1n) is 5.15. The lowest BCUT2D eigenvalue weighted by atomic mass is 10.1. The maximum atomic E-state index is 12.4. The summed E-state index contributed by atoms with van der Waals surface area (Å²) in [6, 6.07) is 3.23. The summed E-state index contributed by atoms with van der Waals surface area (Å²) >= 11 is 0. The second-order valence-electron chi connectivity index (χ2n) is 3.76. The molecule has 0 aliphatic rings. The molecule has 2 aromatic rings. The van der Waals surface area contributed by atoms with Gasteiger partial charge in [-0.2, -0.15) is 18.3 Å². The summed E-state index contributed by atoms with van der Waals surface area (Å²) in [4.78, 5) is 0. The lowest BCUT2D eigenvalue weighted by molar-refractivity contribution is -0.137. The van der Waals surface area contributed by atoms with Crippen LogP contribution in [-0.2, 0) is 12.7 Å². The van der Waals surface area contributed by atoms with E-state index < -0.39 is 11.7 Å². The second-order valence-corrected chi connectivity index (χ2v) is 3.76. The van der Waals surface area contributed by atoms with E-state index in [1.807, 2.05) is 0 Å². The Bertz CT molecular complexity index is 520. The highest BCUT2D eigenvalue weighted by atomic mass is 19.4. The summed E-state index contributed by atoms with van der Waals surface area (Å²) in [6.45, 7) is 0.437. The van der Waals surface area contributed by atoms with Gasteiger partial charge >= 0.3 is 6.18 Å². The molecule has 7 heteroatoms. The van der Waals surface area contributed by atoms with Crippen LogP contribution in [0.15, 0.2) is 30.6 Å². The van der Waals surface area contributed by atoms with Crippen molar-refractivity contribution >= 4 is 11.4 Å². The van der Waals surface area contributed by atoms with E-state index >= 15 is 0 Å². The van der Waals surface area contributed by atoms with Crippen LogP contribution >= 0.6 is 0 Å². The molecule has 0 saturated carbocycles. The monoisotopic (exact) mass is 256 g/mol. The predicted molar refractivity (Wildman–Crippen MR) is 61.8 cm³/mol. The van der Waals surface area contributed by atoms with E-state index in [1.165, 1.54) is 6.07 Å². The van der Waals surface area contributed by atoms with Gasteiger partial charge in [0.2, 0.25) is 0 Å². The first-order valence-corrected chi connectivity index (χ1v) is 5.15. The van der Waals surface area contributed by atoms with Crippen LogP contribution < -0.4 is 11.1 Å². The molecular weight excluding hydrogens is 245 g/mol. The van der Waals surface area contributed by atoms with E-state index in [2.05, 4.69) is 15.5 Å². The Morgan fingerprint density at radius 1 is 1.33 bits per heavy atom. The normalized spacial score (nSPS) is 11.5. The summed E-state index contributed by atoms with van der Waals surface area (Å²) in [5.41, 5.74) is 6.22. The van der Waals surface area contributed by atoms with Crippen LogP contribution in [0.2, 0.25) is 0 Å². The van der Waals surface area contributed by atoms with Gasteiger partial charge in [0.05, 0.1) is 23.1 Å². The first-order chi connectivity index (χ1) is 8.47. The highest BCUT2D eigenvalue weighted by Crippen LogP contribution is 2.32. The Hall–Kier alpha value is -2.18. The van der Waals surface area contributed by atoms with E-state index in [1.54, 1.807) is 12.4 Å². The van der Waals surface area contributed by atoms with Crippen LogP contribution in [0.3, 0.4) is 0 Å². The fourth-order valence-corrected chi connectivity index (χ4v) is 1.47. The smallest absolute Gasteiger partial charge is 0.397 e. The van der Waals surface area contributed by atoms with Gasteiger partial charge in [-0.25, -0.2) is 0 Å². The van der Waals surface area contributed by atoms with E-state index in [0.717, 1.165) is 17.7 Å². The van der Waals surface area contributed by atoms with E-state index in [4.69, 9.17) is 5.73 Å². The van der Waals surface area contributed by atoms with Crippen LogP contribution in [0.1, 0.15) is 11.1 Å². The van der Waals surface area contributed by atoms with Gasteiger partial charge in [0, 0.05) is 18.3 Å². The van der Waals surface area contributed by atoms with E-state index in [0.29, 0.717) is 12.2 Å². The van der Waals surface area contributed by atoms with Crippen LogP contribution in [-0.4, -0.2) is 10.2 Å². The van der Waals surface area contributed by atoms with Crippen LogP contribution in [0.5, 0.6) is 0 Å². The standard InChI is InChI=1S/C11H11F3N4/c12-11(13,14)8-1-2-10(9(15)3-8)16-4-7-5-17-18-6-7/h1-3,5-6,16H,4,15H2,(H,17,18). The average molecular weight is 256 g/mol. The molecule has 2 rings (SSSR count). The topological polar surface area (TPSA) is 66.7 Å². The van der Waals surface area contributed by atoms with Crippen molar-refractivity contribution in [3.63, 3.8) is 0 Å². The molecule has 0 fully saturated rings. The quantitative estimate of drug-likeness (QED) is 0.739. The number of H-pyrrole nitrogens is 1. The molecule has 96 valence electrons. The Labute approximate surface area is 101 Å². The van der Waals surface area contributed by atoms with Crippen molar-refractivity contribution in [1.29, 1.82) is 0 Å². The number of nitrogen functional groups attached to an aromatic ring is 1. The van der Waals surface area contributed by atoms with Crippen molar-refractivity contribution in [2.75, 3.05) is 11.1 Å². The highest BCUT2D eigenvalue weighted by molar-refractivity contribution is 5.67. The van der Waals surface area contributed by atoms with E-state index in [9.17, 15) is 13.2 Å². The number of aromatic amines is 1. The van der Waals surface area contributed by atoms with Crippen molar-refractivity contribution in [2.45, 2.75) is 12.7 Å². The SMILES string of the molecule is Nc1cc(C(F)(F)F)ccc1NCc1cn[nH]c1. The molecule has 0 unspecified atom stereocenters. The van der Waals surface area contributed by atoms with Gasteiger partial charge in [-0.1, -0.05) is 0 Å². The van der Waals surface area contributed by atoms with E-state index in [-0.39, 0.29) is 5.69 Å². The summed E-state index contributed by atoms with van der Waals surface area (Å²) in [6.07, 6.45) is -1.07. The predicted octanol–water partition coefficient (Wildman–Crippen LogP) is 2.62. The molecule has 0 atom stereocenters. The fraction of sp³-hybridized carbons (Fsp3) is 0.182. The third-order valence-corrected chi connectivity index (χ3v) is 2.42. The van der Waals surface area contributed by atoms with Crippen LogP contribution in [0.4, 0.5) is 24.5 Å². The van der Waals surface area contributed by atoms with Gasteiger partial charge in [-0.3, -0.25) is 5.10 Å². The van der Waals surface area contributed by atoms with Gasteiger partial charge in [-0.05, 0) is 18.2 Å². The molecule has 0 saturated heterocycles. The number of nitrogens with two attached hydrogens (primary N) is 1. The van der Waals surface area contributed by atoms with Crippen LogP contribution in [0, 0.1) is 0 Å².